The van der Waals surface area contributed by atoms with E-state index in [9.17, 15) is 0 Å². The summed E-state index contributed by atoms with van der Waals surface area (Å²) in [6.07, 6.45) is 17.3. The summed E-state index contributed by atoms with van der Waals surface area (Å²) < 4.78 is 5.50. The summed E-state index contributed by atoms with van der Waals surface area (Å²) in [5.74, 6) is 1.85. The SMILES string of the molecule is c1cc(C2=NCCO2)ccc1NCCCCCCCCC1CCCCC1. The Kier molecular flexibility index (Phi) is 8.34. The zero-order valence-corrected chi connectivity index (χ0v) is 16.3. The molecule has 0 radical (unpaired) electrons. The Morgan fingerprint density at radius 1 is 0.885 bits per heavy atom. The van der Waals surface area contributed by atoms with Crippen LogP contribution in [0.1, 0.15) is 82.6 Å². The number of aliphatic imine (C=N–C) groups is 1. The standard InChI is InChI=1S/C23H36N2O/c1(3-6-10-20-11-7-5-8-12-20)2-4-9-17-24-22-15-13-21(14-16-22)23-25-18-19-26-23/h13-16,20,24H,1-12,17-19H2. The number of hydrogen-bond acceptors (Lipinski definition) is 3. The lowest BCUT2D eigenvalue weighted by Crippen LogP contribution is -2.05. The predicted octanol–water partition coefficient (Wildman–Crippen LogP) is 6.19. The second-order valence-electron chi connectivity index (χ2n) is 7.95. The first kappa shape index (κ1) is 19.3. The van der Waals surface area contributed by atoms with Gasteiger partial charge in [-0.3, -0.25) is 0 Å². The summed E-state index contributed by atoms with van der Waals surface area (Å²) in [5, 5.41) is 3.53. The normalized spacial score (nSPS) is 17.8. The molecule has 1 aliphatic carbocycles. The molecule has 3 heteroatoms. The molecule has 26 heavy (non-hydrogen) atoms. The predicted molar refractivity (Wildman–Crippen MR) is 111 cm³/mol. The highest BCUT2D eigenvalue weighted by atomic mass is 16.5. The van der Waals surface area contributed by atoms with Crippen molar-refractivity contribution in [2.45, 2.75) is 77.0 Å². The summed E-state index contributed by atoms with van der Waals surface area (Å²) in [4.78, 5) is 4.35. The van der Waals surface area contributed by atoms with Crippen LogP contribution < -0.4 is 5.32 Å². The molecule has 0 unspecified atom stereocenters. The van der Waals surface area contributed by atoms with Gasteiger partial charge in [0, 0.05) is 17.8 Å². The molecule has 144 valence electrons. The first-order chi connectivity index (χ1) is 12.9. The van der Waals surface area contributed by atoms with E-state index >= 15 is 0 Å². The van der Waals surface area contributed by atoms with E-state index in [4.69, 9.17) is 4.74 Å². The maximum Gasteiger partial charge on any atom is 0.216 e. The minimum Gasteiger partial charge on any atom is -0.476 e. The molecular formula is C23H36N2O. The Morgan fingerprint density at radius 3 is 2.35 bits per heavy atom. The molecule has 0 atom stereocenters. The highest BCUT2D eigenvalue weighted by molar-refractivity contribution is 5.95. The van der Waals surface area contributed by atoms with Crippen molar-refractivity contribution in [3.05, 3.63) is 29.8 Å². The molecule has 0 spiro atoms. The molecule has 1 heterocycles. The van der Waals surface area contributed by atoms with E-state index < -0.39 is 0 Å². The van der Waals surface area contributed by atoms with Gasteiger partial charge in [-0.2, -0.15) is 0 Å². The first-order valence-electron chi connectivity index (χ1n) is 10.9. The van der Waals surface area contributed by atoms with Gasteiger partial charge in [0.25, 0.3) is 0 Å². The van der Waals surface area contributed by atoms with Crippen LogP contribution in [0, 0.1) is 5.92 Å². The van der Waals surface area contributed by atoms with E-state index in [1.54, 1.807) is 0 Å². The fourth-order valence-corrected chi connectivity index (χ4v) is 4.21. The van der Waals surface area contributed by atoms with Crippen LogP contribution in [0.25, 0.3) is 0 Å². The van der Waals surface area contributed by atoms with Crippen LogP contribution in [0.4, 0.5) is 5.69 Å². The lowest BCUT2D eigenvalue weighted by atomic mass is 9.85. The zero-order chi connectivity index (χ0) is 17.9. The van der Waals surface area contributed by atoms with Crippen molar-refractivity contribution >= 4 is 11.6 Å². The van der Waals surface area contributed by atoms with E-state index in [1.165, 1.54) is 82.7 Å². The molecule has 1 aromatic carbocycles. The monoisotopic (exact) mass is 356 g/mol. The average Bonchev–Trinajstić information content (AvgIpc) is 3.23. The van der Waals surface area contributed by atoms with Crippen LogP contribution in [0.15, 0.2) is 29.3 Å². The lowest BCUT2D eigenvalue weighted by Gasteiger charge is -2.21. The van der Waals surface area contributed by atoms with Gasteiger partial charge in [-0.15, -0.1) is 0 Å². The average molecular weight is 357 g/mol. The number of nitrogens with zero attached hydrogens (tertiary/aromatic N) is 1. The molecule has 0 bridgehead atoms. The Bertz CT molecular complexity index is 532. The van der Waals surface area contributed by atoms with Gasteiger partial charge >= 0.3 is 0 Å². The van der Waals surface area contributed by atoms with E-state index in [1.807, 2.05) is 0 Å². The number of hydrogen-bond donors (Lipinski definition) is 1. The fraction of sp³-hybridized carbons (Fsp3) is 0.696. The molecule has 1 fully saturated rings. The fourth-order valence-electron chi connectivity index (χ4n) is 4.21. The van der Waals surface area contributed by atoms with Gasteiger partial charge in [0.05, 0.1) is 6.54 Å². The highest BCUT2D eigenvalue weighted by Gasteiger charge is 2.12. The van der Waals surface area contributed by atoms with Crippen LogP contribution in [0.2, 0.25) is 0 Å². The van der Waals surface area contributed by atoms with Crippen molar-refractivity contribution in [3.63, 3.8) is 0 Å². The molecule has 0 amide bonds. The van der Waals surface area contributed by atoms with Crippen molar-refractivity contribution < 1.29 is 4.74 Å². The third kappa shape index (κ3) is 6.66. The van der Waals surface area contributed by atoms with Crippen molar-refractivity contribution in [1.29, 1.82) is 0 Å². The molecule has 3 nitrogen and oxygen atoms in total. The maximum absolute atomic E-state index is 5.50. The minimum atomic E-state index is 0.718. The van der Waals surface area contributed by atoms with Crippen LogP contribution in [-0.2, 0) is 4.74 Å². The molecule has 3 rings (SSSR count). The molecule has 0 saturated heterocycles. The zero-order valence-electron chi connectivity index (χ0n) is 16.3. The van der Waals surface area contributed by atoms with E-state index in [0.29, 0.717) is 0 Å². The summed E-state index contributed by atoms with van der Waals surface area (Å²) in [6.45, 7) is 2.57. The summed E-state index contributed by atoms with van der Waals surface area (Å²) in [7, 11) is 0. The lowest BCUT2D eigenvalue weighted by molar-refractivity contribution is 0.328. The molecule has 0 aromatic heterocycles. The number of benzene rings is 1. The Morgan fingerprint density at radius 2 is 1.62 bits per heavy atom. The van der Waals surface area contributed by atoms with Crippen molar-refractivity contribution in [3.8, 4) is 0 Å². The smallest absolute Gasteiger partial charge is 0.216 e. The quantitative estimate of drug-likeness (QED) is 0.480. The number of rotatable bonds is 11. The molecule has 1 aliphatic heterocycles. The van der Waals surface area contributed by atoms with Gasteiger partial charge in [-0.1, -0.05) is 70.6 Å². The second kappa shape index (κ2) is 11.3. The van der Waals surface area contributed by atoms with Gasteiger partial charge in [0.15, 0.2) is 0 Å². The molecule has 2 aliphatic rings. The third-order valence-electron chi connectivity index (χ3n) is 5.81. The molecule has 1 saturated carbocycles. The summed E-state index contributed by atoms with van der Waals surface area (Å²) in [6, 6.07) is 8.45. The summed E-state index contributed by atoms with van der Waals surface area (Å²) >= 11 is 0. The first-order valence-corrected chi connectivity index (χ1v) is 10.9. The van der Waals surface area contributed by atoms with Crippen molar-refractivity contribution in [2.75, 3.05) is 25.0 Å². The number of anilines is 1. The van der Waals surface area contributed by atoms with Gasteiger partial charge < -0.3 is 10.1 Å². The largest absolute Gasteiger partial charge is 0.476 e. The highest BCUT2D eigenvalue weighted by Crippen LogP contribution is 2.28. The second-order valence-corrected chi connectivity index (χ2v) is 7.95. The van der Waals surface area contributed by atoms with Crippen molar-refractivity contribution in [1.82, 2.24) is 0 Å². The Hall–Kier alpha value is -1.51. The maximum atomic E-state index is 5.50. The van der Waals surface area contributed by atoms with Crippen molar-refractivity contribution in [2.24, 2.45) is 10.9 Å². The third-order valence-corrected chi connectivity index (χ3v) is 5.81. The van der Waals surface area contributed by atoms with E-state index in [2.05, 4.69) is 34.6 Å². The van der Waals surface area contributed by atoms with Gasteiger partial charge in [0.1, 0.15) is 6.61 Å². The molecule has 1 N–H and O–H groups in total. The van der Waals surface area contributed by atoms with Gasteiger partial charge in [-0.25, -0.2) is 4.99 Å². The van der Waals surface area contributed by atoms with E-state index in [0.717, 1.165) is 37.1 Å². The topological polar surface area (TPSA) is 33.6 Å². The van der Waals surface area contributed by atoms with Gasteiger partial charge in [0.2, 0.25) is 5.90 Å². The summed E-state index contributed by atoms with van der Waals surface area (Å²) in [5.41, 5.74) is 2.28. The number of unbranched alkanes of at least 4 members (excludes halogenated alkanes) is 5. The Labute approximate surface area is 159 Å². The Balaban J connectivity index is 1.17. The van der Waals surface area contributed by atoms with Crippen LogP contribution >= 0.6 is 0 Å². The van der Waals surface area contributed by atoms with Crippen LogP contribution in [-0.4, -0.2) is 25.6 Å². The van der Waals surface area contributed by atoms with Crippen LogP contribution in [0.3, 0.4) is 0 Å². The van der Waals surface area contributed by atoms with Gasteiger partial charge in [-0.05, 0) is 36.6 Å². The molecular weight excluding hydrogens is 320 g/mol. The number of ether oxygens (including phenoxy) is 1. The number of nitrogens with one attached hydrogen (secondary N) is 1. The minimum absolute atomic E-state index is 0.718. The molecule has 1 aromatic rings. The van der Waals surface area contributed by atoms with Crippen LogP contribution in [0.5, 0.6) is 0 Å². The van der Waals surface area contributed by atoms with E-state index in [-0.39, 0.29) is 0 Å².